The van der Waals surface area contributed by atoms with Crippen LogP contribution in [0.2, 0.25) is 0 Å². The zero-order valence-electron chi connectivity index (χ0n) is 24.7. The summed E-state index contributed by atoms with van der Waals surface area (Å²) >= 11 is 1.18. The van der Waals surface area contributed by atoms with E-state index in [2.05, 4.69) is 18.8 Å². The van der Waals surface area contributed by atoms with Crippen molar-refractivity contribution in [3.8, 4) is 0 Å². The summed E-state index contributed by atoms with van der Waals surface area (Å²) in [5.41, 5.74) is 3.30. The average molecular weight is 593 g/mol. The van der Waals surface area contributed by atoms with E-state index in [1.807, 2.05) is 43.0 Å². The number of hydrogen-bond acceptors (Lipinski definition) is 9. The molecule has 0 N–H and O–H groups in total. The van der Waals surface area contributed by atoms with Gasteiger partial charge in [-0.2, -0.15) is 0 Å². The van der Waals surface area contributed by atoms with E-state index in [1.54, 1.807) is 25.1 Å². The van der Waals surface area contributed by atoms with Crippen LogP contribution in [0, 0.1) is 10.1 Å². The minimum absolute atomic E-state index is 0.0275. The van der Waals surface area contributed by atoms with Crippen LogP contribution in [0.4, 0.5) is 11.4 Å². The van der Waals surface area contributed by atoms with Gasteiger partial charge in [-0.05, 0) is 55.5 Å². The summed E-state index contributed by atoms with van der Waals surface area (Å²) < 4.78 is 12.4. The lowest BCUT2D eigenvalue weighted by Crippen LogP contribution is -2.40. The minimum atomic E-state index is -0.751. The normalized spacial score (nSPS) is 15.0. The Balaban J connectivity index is 1.87. The van der Waals surface area contributed by atoms with Crippen molar-refractivity contribution < 1.29 is 19.2 Å². The fourth-order valence-corrected chi connectivity index (χ4v) is 6.06. The number of hydrogen-bond donors (Lipinski definition) is 0. The average Bonchev–Trinajstić information content (AvgIpc) is 3.27. The summed E-state index contributed by atoms with van der Waals surface area (Å²) in [7, 11) is 1.52. The fraction of sp³-hybridized carbons (Fsp3) is 0.387. The van der Waals surface area contributed by atoms with Crippen LogP contribution in [0.1, 0.15) is 63.3 Å². The van der Waals surface area contributed by atoms with Crippen LogP contribution in [0.3, 0.4) is 0 Å². The molecule has 0 bridgehead atoms. The number of thiazole rings is 1. The number of allylic oxidation sites excluding steroid dienone is 1. The second-order valence-electron chi connectivity index (χ2n) is 10.2. The molecule has 0 amide bonds. The molecule has 1 atom stereocenters. The van der Waals surface area contributed by atoms with E-state index in [-0.39, 0.29) is 30.0 Å². The Morgan fingerprint density at radius 2 is 1.86 bits per heavy atom. The highest BCUT2D eigenvalue weighted by molar-refractivity contribution is 7.07. The van der Waals surface area contributed by atoms with Gasteiger partial charge >= 0.3 is 5.97 Å². The highest BCUT2D eigenvalue weighted by atomic mass is 32.1. The number of nitro benzene ring substituents is 1. The molecule has 10 nitrogen and oxygen atoms in total. The molecule has 1 aliphatic heterocycles. The highest BCUT2D eigenvalue weighted by Gasteiger charge is 2.33. The van der Waals surface area contributed by atoms with Crippen molar-refractivity contribution in [1.82, 2.24) is 4.57 Å². The molecule has 1 aromatic heterocycles. The zero-order valence-corrected chi connectivity index (χ0v) is 25.6. The summed E-state index contributed by atoms with van der Waals surface area (Å²) in [5, 5.41) is 11.9. The van der Waals surface area contributed by atoms with E-state index in [0.717, 1.165) is 11.1 Å². The number of carbonyl (C=O) groups is 1. The smallest absolute Gasteiger partial charge is 0.338 e. The Kier molecular flexibility index (Phi) is 9.74. The van der Waals surface area contributed by atoms with E-state index >= 15 is 0 Å². The van der Waals surface area contributed by atoms with Crippen LogP contribution in [-0.2, 0) is 14.3 Å². The molecule has 3 aromatic rings. The van der Waals surface area contributed by atoms with Crippen LogP contribution in [0.15, 0.2) is 63.5 Å². The van der Waals surface area contributed by atoms with Gasteiger partial charge in [0.15, 0.2) is 4.80 Å². The summed E-state index contributed by atoms with van der Waals surface area (Å²) in [4.78, 5) is 45.7. The number of benzene rings is 2. The Morgan fingerprint density at radius 1 is 1.17 bits per heavy atom. The molecule has 2 heterocycles. The number of methoxy groups -OCH3 is 1. The predicted molar refractivity (Wildman–Crippen MR) is 164 cm³/mol. The molecule has 11 heteroatoms. The third-order valence-corrected chi connectivity index (χ3v) is 8.26. The molecule has 0 fully saturated rings. The molecular formula is C31H36N4O6S. The largest absolute Gasteiger partial charge is 0.460 e. The monoisotopic (exact) mass is 592 g/mol. The number of fused-ring (bicyclic) bond motifs is 1. The van der Waals surface area contributed by atoms with Crippen molar-refractivity contribution >= 4 is 34.8 Å². The maximum absolute atomic E-state index is 13.9. The van der Waals surface area contributed by atoms with E-state index in [9.17, 15) is 19.7 Å². The Hall–Kier alpha value is -4.09. The van der Waals surface area contributed by atoms with Gasteiger partial charge in [-0.25, -0.2) is 9.79 Å². The number of nitrogens with zero attached hydrogens (tertiary/aromatic N) is 4. The Labute approximate surface area is 248 Å². The first-order valence-electron chi connectivity index (χ1n) is 13.9. The van der Waals surface area contributed by atoms with Gasteiger partial charge in [-0.15, -0.1) is 0 Å². The van der Waals surface area contributed by atoms with Crippen LogP contribution < -0.4 is 19.8 Å². The van der Waals surface area contributed by atoms with Crippen molar-refractivity contribution in [2.24, 2.45) is 4.99 Å². The third-order valence-electron chi connectivity index (χ3n) is 7.28. The summed E-state index contributed by atoms with van der Waals surface area (Å²) in [5.74, 6) is -0.253. The summed E-state index contributed by atoms with van der Waals surface area (Å²) in [6.45, 7) is 11.4. The lowest BCUT2D eigenvalue weighted by atomic mass is 9.93. The second-order valence-corrected chi connectivity index (χ2v) is 11.2. The molecular weight excluding hydrogens is 556 g/mol. The molecule has 0 saturated heterocycles. The van der Waals surface area contributed by atoms with E-state index in [0.29, 0.717) is 45.3 Å². The van der Waals surface area contributed by atoms with Crippen molar-refractivity contribution in [3.63, 3.8) is 0 Å². The number of esters is 1. The van der Waals surface area contributed by atoms with Gasteiger partial charge in [0.1, 0.15) is 12.3 Å². The Morgan fingerprint density at radius 3 is 2.45 bits per heavy atom. The molecule has 222 valence electrons. The standard InChI is InChI=1S/C31H36N4O6S/c1-7-33(8-2)24-14-9-21(17-25(24)35(38)39)18-26-29(36)34-28(23-12-10-22(11-13-23)19(3)4)27(20(5)32-31(34)42-26)30(37)41-16-15-40-6/h9-14,17-19,28H,7-8,15-16H2,1-6H3. The first-order valence-corrected chi connectivity index (χ1v) is 14.7. The van der Waals surface area contributed by atoms with Gasteiger partial charge in [-0.3, -0.25) is 19.5 Å². The van der Waals surface area contributed by atoms with Gasteiger partial charge in [0.2, 0.25) is 0 Å². The van der Waals surface area contributed by atoms with Gasteiger partial charge < -0.3 is 14.4 Å². The Bertz CT molecular complexity index is 1680. The van der Waals surface area contributed by atoms with Crippen LogP contribution in [0.25, 0.3) is 6.08 Å². The lowest BCUT2D eigenvalue weighted by molar-refractivity contribution is -0.384. The third kappa shape index (κ3) is 6.22. The predicted octanol–water partition coefficient (Wildman–Crippen LogP) is 4.30. The number of anilines is 1. The first kappa shape index (κ1) is 30.9. The summed E-state index contributed by atoms with van der Waals surface area (Å²) in [6.07, 6.45) is 1.64. The molecule has 1 aliphatic rings. The quantitative estimate of drug-likeness (QED) is 0.141. The van der Waals surface area contributed by atoms with E-state index in [4.69, 9.17) is 9.47 Å². The number of ether oxygens (including phenoxy) is 2. The van der Waals surface area contributed by atoms with Gasteiger partial charge in [-0.1, -0.05) is 55.5 Å². The van der Waals surface area contributed by atoms with Crippen molar-refractivity contribution in [3.05, 3.63) is 100 Å². The summed E-state index contributed by atoms with van der Waals surface area (Å²) in [6, 6.07) is 12.1. The lowest BCUT2D eigenvalue weighted by Gasteiger charge is -2.25. The van der Waals surface area contributed by atoms with Crippen molar-refractivity contribution in [2.45, 2.75) is 46.6 Å². The number of nitro groups is 1. The van der Waals surface area contributed by atoms with Crippen LogP contribution in [0.5, 0.6) is 0 Å². The molecule has 1 unspecified atom stereocenters. The number of aromatic nitrogens is 1. The van der Waals surface area contributed by atoms with Crippen LogP contribution in [-0.4, -0.2) is 48.9 Å². The molecule has 42 heavy (non-hydrogen) atoms. The minimum Gasteiger partial charge on any atom is -0.460 e. The van der Waals surface area contributed by atoms with E-state index in [1.165, 1.54) is 29.1 Å². The molecule has 4 rings (SSSR count). The number of rotatable bonds is 11. The van der Waals surface area contributed by atoms with Crippen molar-refractivity contribution in [1.29, 1.82) is 0 Å². The van der Waals surface area contributed by atoms with Gasteiger partial charge in [0.25, 0.3) is 11.2 Å². The van der Waals surface area contributed by atoms with Gasteiger partial charge in [0, 0.05) is 26.3 Å². The molecule has 0 spiro atoms. The maximum Gasteiger partial charge on any atom is 0.338 e. The fourth-order valence-electron chi connectivity index (χ4n) is 5.02. The van der Waals surface area contributed by atoms with Gasteiger partial charge in [0.05, 0.1) is 33.4 Å². The molecule has 2 aromatic carbocycles. The SMILES string of the molecule is CCN(CC)c1ccc(C=c2sc3n(c2=O)C(c2ccc(C(C)C)cc2)C(C(=O)OCCOC)=C(C)N=3)cc1[N+](=O)[O-]. The maximum atomic E-state index is 13.9. The topological polar surface area (TPSA) is 116 Å². The van der Waals surface area contributed by atoms with Crippen LogP contribution >= 0.6 is 11.3 Å². The number of carbonyl (C=O) groups excluding carboxylic acids is 1. The first-order chi connectivity index (χ1) is 20.1. The zero-order chi connectivity index (χ0) is 30.6. The van der Waals surface area contributed by atoms with E-state index < -0.39 is 16.9 Å². The van der Waals surface area contributed by atoms with Crippen molar-refractivity contribution in [2.75, 3.05) is 38.3 Å². The molecule has 0 aliphatic carbocycles. The molecule has 0 saturated carbocycles. The molecule has 0 radical (unpaired) electrons. The second kappa shape index (κ2) is 13.3. The highest BCUT2D eigenvalue weighted by Crippen LogP contribution is 2.32.